The molecule has 3 heteroatoms. The topological polar surface area (TPSA) is 29.9 Å². The van der Waals surface area contributed by atoms with Crippen molar-refractivity contribution in [3.8, 4) is 0 Å². The molecule has 0 aliphatic carbocycles. The van der Waals surface area contributed by atoms with Crippen LogP contribution in [0.1, 0.15) is 35.9 Å². The minimum absolute atomic E-state index is 0.899. The molecule has 2 rings (SSSR count). The Labute approximate surface area is 115 Å². The molecule has 0 radical (unpaired) electrons. The maximum Gasteiger partial charge on any atom is 0.0954 e. The van der Waals surface area contributed by atoms with Crippen molar-refractivity contribution in [2.24, 2.45) is 0 Å². The highest BCUT2D eigenvalue weighted by Gasteiger charge is 2.06. The molecular formula is C16H23N3. The Kier molecular flexibility index (Phi) is 4.74. The number of rotatable bonds is 6. The van der Waals surface area contributed by atoms with E-state index in [1.807, 2.05) is 6.33 Å². The van der Waals surface area contributed by atoms with Crippen molar-refractivity contribution >= 4 is 0 Å². The standard InChI is InChI=1S/C16H23N3/c1-4-9-17-10-15-7-5-6-8-16(15)11-19-12-18-13(2)14(19)3/h5-8,12,17H,4,9-11H2,1-3H3. The van der Waals surface area contributed by atoms with Gasteiger partial charge in [0, 0.05) is 18.8 Å². The van der Waals surface area contributed by atoms with Crippen LogP contribution in [-0.4, -0.2) is 16.1 Å². The molecule has 0 unspecified atom stereocenters. The minimum Gasteiger partial charge on any atom is -0.330 e. The number of nitrogens with zero attached hydrogens (tertiary/aromatic N) is 2. The van der Waals surface area contributed by atoms with Gasteiger partial charge in [0.25, 0.3) is 0 Å². The van der Waals surface area contributed by atoms with Crippen molar-refractivity contribution in [3.05, 3.63) is 53.1 Å². The van der Waals surface area contributed by atoms with Gasteiger partial charge in [-0.1, -0.05) is 31.2 Å². The van der Waals surface area contributed by atoms with Crippen LogP contribution in [0.25, 0.3) is 0 Å². The van der Waals surface area contributed by atoms with Crippen molar-refractivity contribution in [1.29, 1.82) is 0 Å². The van der Waals surface area contributed by atoms with Crippen LogP contribution in [0, 0.1) is 13.8 Å². The average Bonchev–Trinajstić information content (AvgIpc) is 2.73. The third-order valence-electron chi connectivity index (χ3n) is 3.55. The monoisotopic (exact) mass is 257 g/mol. The Hall–Kier alpha value is -1.61. The van der Waals surface area contributed by atoms with E-state index >= 15 is 0 Å². The molecule has 1 N–H and O–H groups in total. The number of nitrogens with one attached hydrogen (secondary N) is 1. The van der Waals surface area contributed by atoms with Crippen LogP contribution in [0.4, 0.5) is 0 Å². The molecule has 0 spiro atoms. The first-order valence-corrected chi connectivity index (χ1v) is 6.98. The van der Waals surface area contributed by atoms with Crippen LogP contribution in [0.15, 0.2) is 30.6 Å². The highest BCUT2D eigenvalue weighted by molar-refractivity contribution is 5.28. The van der Waals surface area contributed by atoms with Crippen LogP contribution in [0.3, 0.4) is 0 Å². The van der Waals surface area contributed by atoms with Gasteiger partial charge >= 0.3 is 0 Å². The van der Waals surface area contributed by atoms with E-state index in [2.05, 4.69) is 59.9 Å². The summed E-state index contributed by atoms with van der Waals surface area (Å²) < 4.78 is 2.22. The molecule has 1 aromatic carbocycles. The third-order valence-corrected chi connectivity index (χ3v) is 3.55. The summed E-state index contributed by atoms with van der Waals surface area (Å²) in [6.07, 6.45) is 3.10. The molecule has 0 fully saturated rings. The molecule has 0 atom stereocenters. The smallest absolute Gasteiger partial charge is 0.0954 e. The van der Waals surface area contributed by atoms with Crippen molar-refractivity contribution in [2.75, 3.05) is 6.54 Å². The quantitative estimate of drug-likeness (QED) is 0.806. The van der Waals surface area contributed by atoms with E-state index in [9.17, 15) is 0 Å². The molecule has 19 heavy (non-hydrogen) atoms. The molecule has 2 aromatic rings. The number of hydrogen-bond donors (Lipinski definition) is 1. The average molecular weight is 257 g/mol. The van der Waals surface area contributed by atoms with Crippen LogP contribution >= 0.6 is 0 Å². The Morgan fingerprint density at radius 2 is 1.89 bits per heavy atom. The lowest BCUT2D eigenvalue weighted by Gasteiger charge is -2.12. The summed E-state index contributed by atoms with van der Waals surface area (Å²) in [7, 11) is 0. The highest BCUT2D eigenvalue weighted by atomic mass is 15.0. The minimum atomic E-state index is 0.899. The van der Waals surface area contributed by atoms with E-state index in [4.69, 9.17) is 0 Å². The molecule has 0 saturated heterocycles. The Morgan fingerprint density at radius 1 is 1.16 bits per heavy atom. The molecule has 1 heterocycles. The normalized spacial score (nSPS) is 10.9. The summed E-state index contributed by atoms with van der Waals surface area (Å²) in [5.74, 6) is 0. The van der Waals surface area contributed by atoms with Crippen LogP contribution in [0.5, 0.6) is 0 Å². The summed E-state index contributed by atoms with van der Waals surface area (Å²) in [5.41, 5.74) is 5.10. The number of aromatic nitrogens is 2. The Bertz CT molecular complexity index is 529. The first-order valence-electron chi connectivity index (χ1n) is 6.98. The van der Waals surface area contributed by atoms with E-state index in [1.54, 1.807) is 0 Å². The molecule has 0 aliphatic heterocycles. The van der Waals surface area contributed by atoms with Crippen molar-refractivity contribution in [3.63, 3.8) is 0 Å². The zero-order valence-electron chi connectivity index (χ0n) is 12.1. The van der Waals surface area contributed by atoms with Gasteiger partial charge in [-0.3, -0.25) is 0 Å². The number of aryl methyl sites for hydroxylation is 1. The van der Waals surface area contributed by atoms with Crippen molar-refractivity contribution in [1.82, 2.24) is 14.9 Å². The molecule has 0 aliphatic rings. The summed E-state index contributed by atoms with van der Waals surface area (Å²) in [4.78, 5) is 4.36. The highest BCUT2D eigenvalue weighted by Crippen LogP contribution is 2.13. The SMILES string of the molecule is CCCNCc1ccccc1Cn1cnc(C)c1C. The second-order valence-corrected chi connectivity index (χ2v) is 4.99. The van der Waals surface area contributed by atoms with Gasteiger partial charge in [0.2, 0.25) is 0 Å². The lowest BCUT2D eigenvalue weighted by molar-refractivity contribution is 0.664. The van der Waals surface area contributed by atoms with Gasteiger partial charge in [0.1, 0.15) is 0 Å². The molecule has 0 amide bonds. The van der Waals surface area contributed by atoms with Gasteiger partial charge in [-0.15, -0.1) is 0 Å². The zero-order valence-corrected chi connectivity index (χ0v) is 12.1. The molecule has 0 bridgehead atoms. The number of benzene rings is 1. The Morgan fingerprint density at radius 3 is 2.53 bits per heavy atom. The molecule has 102 valence electrons. The fourth-order valence-corrected chi connectivity index (χ4v) is 2.17. The number of hydrogen-bond acceptors (Lipinski definition) is 2. The van der Waals surface area contributed by atoms with Gasteiger partial charge in [-0.05, 0) is 37.9 Å². The van der Waals surface area contributed by atoms with Gasteiger partial charge < -0.3 is 9.88 Å². The fraction of sp³-hybridized carbons (Fsp3) is 0.438. The summed E-state index contributed by atoms with van der Waals surface area (Å²) in [6.45, 7) is 9.28. The van der Waals surface area contributed by atoms with E-state index in [0.29, 0.717) is 0 Å². The lowest BCUT2D eigenvalue weighted by Crippen LogP contribution is -2.16. The lowest BCUT2D eigenvalue weighted by atomic mass is 10.1. The van der Waals surface area contributed by atoms with Crippen LogP contribution in [0.2, 0.25) is 0 Å². The van der Waals surface area contributed by atoms with E-state index in [0.717, 1.165) is 25.3 Å². The predicted octanol–water partition coefficient (Wildman–Crippen LogP) is 3.05. The zero-order chi connectivity index (χ0) is 13.7. The fourth-order valence-electron chi connectivity index (χ4n) is 2.17. The van der Waals surface area contributed by atoms with Crippen LogP contribution < -0.4 is 5.32 Å². The molecule has 0 saturated carbocycles. The third kappa shape index (κ3) is 3.44. The van der Waals surface area contributed by atoms with Crippen molar-refractivity contribution < 1.29 is 0 Å². The van der Waals surface area contributed by atoms with Gasteiger partial charge in [-0.25, -0.2) is 4.98 Å². The first kappa shape index (κ1) is 13.8. The summed E-state index contributed by atoms with van der Waals surface area (Å²) in [6, 6.07) is 8.63. The van der Waals surface area contributed by atoms with E-state index in [-0.39, 0.29) is 0 Å². The van der Waals surface area contributed by atoms with E-state index in [1.165, 1.54) is 23.2 Å². The molecular weight excluding hydrogens is 234 g/mol. The second-order valence-electron chi connectivity index (χ2n) is 4.99. The maximum atomic E-state index is 4.36. The van der Waals surface area contributed by atoms with Gasteiger partial charge in [0.15, 0.2) is 0 Å². The van der Waals surface area contributed by atoms with E-state index < -0.39 is 0 Å². The summed E-state index contributed by atoms with van der Waals surface area (Å²) >= 11 is 0. The summed E-state index contributed by atoms with van der Waals surface area (Å²) in [5, 5.41) is 3.47. The number of imidazole rings is 1. The maximum absolute atomic E-state index is 4.36. The molecule has 1 aromatic heterocycles. The largest absolute Gasteiger partial charge is 0.330 e. The molecule has 3 nitrogen and oxygen atoms in total. The van der Waals surface area contributed by atoms with Crippen molar-refractivity contribution in [2.45, 2.75) is 40.3 Å². The first-order chi connectivity index (χ1) is 9.22. The van der Waals surface area contributed by atoms with Crippen LogP contribution in [-0.2, 0) is 13.1 Å². The second kappa shape index (κ2) is 6.53. The Balaban J connectivity index is 2.13. The van der Waals surface area contributed by atoms with Gasteiger partial charge in [0.05, 0.1) is 12.0 Å². The predicted molar refractivity (Wildman–Crippen MR) is 79.2 cm³/mol. The van der Waals surface area contributed by atoms with Gasteiger partial charge in [-0.2, -0.15) is 0 Å².